The summed E-state index contributed by atoms with van der Waals surface area (Å²) in [6, 6.07) is 15.7. The first-order chi connectivity index (χ1) is 11.6. The summed E-state index contributed by atoms with van der Waals surface area (Å²) < 4.78 is 5.24. The lowest BCUT2D eigenvalue weighted by Gasteiger charge is -2.47. The molecule has 3 aliphatic carbocycles. The third-order valence-corrected chi connectivity index (χ3v) is 5.28. The summed E-state index contributed by atoms with van der Waals surface area (Å²) in [5.74, 6) is -3.40. The molecule has 0 aromatic heterocycles. The molecule has 5 rings (SSSR count). The average molecular weight is 322 g/mol. The van der Waals surface area contributed by atoms with E-state index in [1.807, 2.05) is 48.5 Å². The topological polar surface area (TPSA) is 63.6 Å². The van der Waals surface area contributed by atoms with E-state index in [1.165, 1.54) is 0 Å². The van der Waals surface area contributed by atoms with Gasteiger partial charge in [0.05, 0.1) is 18.4 Å². The van der Waals surface area contributed by atoms with E-state index in [2.05, 4.69) is 0 Å². The van der Waals surface area contributed by atoms with Gasteiger partial charge in [-0.15, -0.1) is 0 Å². The van der Waals surface area contributed by atoms with Crippen molar-refractivity contribution in [2.24, 2.45) is 11.8 Å². The van der Waals surface area contributed by atoms with Crippen LogP contribution in [0.15, 0.2) is 48.5 Å². The van der Waals surface area contributed by atoms with Gasteiger partial charge in [-0.1, -0.05) is 48.5 Å². The van der Waals surface area contributed by atoms with Gasteiger partial charge in [0.2, 0.25) is 0 Å². The molecule has 24 heavy (non-hydrogen) atoms. The molecule has 4 nitrogen and oxygen atoms in total. The predicted octanol–water partition coefficient (Wildman–Crippen LogP) is 3.16. The molecule has 0 unspecified atom stereocenters. The molecule has 0 saturated carbocycles. The van der Waals surface area contributed by atoms with E-state index in [1.54, 1.807) is 6.92 Å². The van der Waals surface area contributed by atoms with E-state index >= 15 is 0 Å². The van der Waals surface area contributed by atoms with E-state index in [9.17, 15) is 14.7 Å². The summed E-state index contributed by atoms with van der Waals surface area (Å²) >= 11 is 0. The van der Waals surface area contributed by atoms with Crippen molar-refractivity contribution in [3.63, 3.8) is 0 Å². The van der Waals surface area contributed by atoms with Crippen LogP contribution in [-0.4, -0.2) is 23.7 Å². The maximum atomic E-state index is 12.6. The summed E-state index contributed by atoms with van der Waals surface area (Å²) in [6.07, 6.45) is 0. The number of rotatable bonds is 3. The van der Waals surface area contributed by atoms with Crippen LogP contribution in [-0.2, 0) is 14.3 Å². The Bertz CT molecular complexity index is 778. The quantitative estimate of drug-likeness (QED) is 0.882. The van der Waals surface area contributed by atoms with Crippen LogP contribution in [0.4, 0.5) is 0 Å². The van der Waals surface area contributed by atoms with Crippen LogP contribution in [0.2, 0.25) is 0 Å². The highest BCUT2D eigenvalue weighted by Crippen LogP contribution is 2.58. The van der Waals surface area contributed by atoms with Crippen molar-refractivity contribution in [2.75, 3.05) is 6.61 Å². The van der Waals surface area contributed by atoms with Crippen molar-refractivity contribution in [1.82, 2.24) is 0 Å². The summed E-state index contributed by atoms with van der Waals surface area (Å²) in [4.78, 5) is 24.7. The molecule has 0 aliphatic heterocycles. The largest absolute Gasteiger partial charge is 0.481 e. The molecule has 0 radical (unpaired) electrons. The van der Waals surface area contributed by atoms with E-state index in [0.29, 0.717) is 0 Å². The molecule has 2 aromatic carbocycles. The lowest BCUT2D eigenvalue weighted by molar-refractivity contribution is -0.160. The van der Waals surface area contributed by atoms with Crippen LogP contribution in [0.3, 0.4) is 0 Å². The van der Waals surface area contributed by atoms with Crippen LogP contribution in [0.25, 0.3) is 0 Å². The molecular weight excluding hydrogens is 304 g/mol. The lowest BCUT2D eigenvalue weighted by Crippen LogP contribution is -2.47. The van der Waals surface area contributed by atoms with Gasteiger partial charge in [0.15, 0.2) is 0 Å². The Morgan fingerprint density at radius 2 is 1.29 bits per heavy atom. The van der Waals surface area contributed by atoms with Crippen molar-refractivity contribution in [3.05, 3.63) is 70.8 Å². The van der Waals surface area contributed by atoms with Gasteiger partial charge in [0.1, 0.15) is 0 Å². The van der Waals surface area contributed by atoms with Gasteiger partial charge in [-0.2, -0.15) is 0 Å². The molecule has 2 atom stereocenters. The number of hydrogen-bond donors (Lipinski definition) is 1. The fourth-order valence-electron chi connectivity index (χ4n) is 4.50. The highest BCUT2D eigenvalue weighted by molar-refractivity contribution is 5.87. The first-order valence-corrected chi connectivity index (χ1v) is 8.22. The van der Waals surface area contributed by atoms with Gasteiger partial charge in [0, 0.05) is 11.8 Å². The Labute approximate surface area is 140 Å². The number of esters is 1. The second kappa shape index (κ2) is 5.48. The molecule has 2 bridgehead atoms. The van der Waals surface area contributed by atoms with Gasteiger partial charge in [-0.25, -0.2) is 0 Å². The Morgan fingerprint density at radius 1 is 0.875 bits per heavy atom. The van der Waals surface area contributed by atoms with Crippen LogP contribution in [0, 0.1) is 11.8 Å². The normalized spacial score (nSPS) is 26.4. The number of carboxylic acid groups (broad SMARTS) is 1. The maximum absolute atomic E-state index is 12.6. The molecule has 0 heterocycles. The van der Waals surface area contributed by atoms with E-state index in [0.717, 1.165) is 22.3 Å². The van der Waals surface area contributed by atoms with E-state index in [-0.39, 0.29) is 18.4 Å². The fourth-order valence-corrected chi connectivity index (χ4v) is 4.50. The number of carboxylic acids is 1. The molecule has 0 spiro atoms. The first-order valence-electron chi connectivity index (χ1n) is 8.22. The Kier molecular flexibility index (Phi) is 3.41. The summed E-state index contributed by atoms with van der Waals surface area (Å²) in [7, 11) is 0. The molecule has 4 heteroatoms. The highest BCUT2D eigenvalue weighted by atomic mass is 16.5. The molecule has 122 valence electrons. The van der Waals surface area contributed by atoms with E-state index < -0.39 is 23.8 Å². The van der Waals surface area contributed by atoms with Gasteiger partial charge in [-0.05, 0) is 29.2 Å². The van der Waals surface area contributed by atoms with Gasteiger partial charge >= 0.3 is 11.9 Å². The summed E-state index contributed by atoms with van der Waals surface area (Å²) in [5, 5.41) is 9.89. The number of aliphatic carboxylic acids is 1. The zero-order chi connectivity index (χ0) is 16.8. The SMILES string of the molecule is CCOC(=O)[C@@H]1C2c3ccccc3C(c3ccccc32)[C@H]1C(=O)O. The number of benzene rings is 2. The Hall–Kier alpha value is -2.62. The minimum absolute atomic E-state index is 0.252. The Balaban J connectivity index is 1.98. The number of hydrogen-bond acceptors (Lipinski definition) is 3. The molecule has 0 amide bonds. The second-order valence-corrected chi connectivity index (χ2v) is 6.36. The number of ether oxygens (including phenoxy) is 1. The smallest absolute Gasteiger partial charge is 0.310 e. The molecule has 3 aliphatic rings. The molecular formula is C20H18O4. The van der Waals surface area contributed by atoms with Gasteiger partial charge in [-0.3, -0.25) is 9.59 Å². The second-order valence-electron chi connectivity index (χ2n) is 6.36. The lowest BCUT2D eigenvalue weighted by atomic mass is 9.54. The fraction of sp³-hybridized carbons (Fsp3) is 0.300. The van der Waals surface area contributed by atoms with Crippen LogP contribution >= 0.6 is 0 Å². The monoisotopic (exact) mass is 322 g/mol. The average Bonchev–Trinajstić information content (AvgIpc) is 2.61. The number of fused-ring (bicyclic) bond motifs is 1. The molecule has 0 saturated heterocycles. The standard InChI is InChI=1S/C20H18O4/c1-2-24-20(23)18-16-13-9-5-3-7-11(13)15(17(18)19(21)22)12-8-4-6-10-14(12)16/h3-10,15-18H,2H2,1H3,(H,21,22)/t15?,16?,17-,18-/m1/s1. The van der Waals surface area contributed by atoms with Crippen LogP contribution < -0.4 is 0 Å². The van der Waals surface area contributed by atoms with Crippen molar-refractivity contribution < 1.29 is 19.4 Å². The van der Waals surface area contributed by atoms with Crippen molar-refractivity contribution in [3.8, 4) is 0 Å². The van der Waals surface area contributed by atoms with Crippen LogP contribution in [0.1, 0.15) is 41.0 Å². The van der Waals surface area contributed by atoms with Crippen molar-refractivity contribution in [1.29, 1.82) is 0 Å². The summed E-state index contributed by atoms with van der Waals surface area (Å²) in [5.41, 5.74) is 4.15. The van der Waals surface area contributed by atoms with Crippen molar-refractivity contribution in [2.45, 2.75) is 18.8 Å². The first kappa shape index (κ1) is 14.9. The van der Waals surface area contributed by atoms with Gasteiger partial charge in [0.25, 0.3) is 0 Å². The number of carbonyl (C=O) groups is 2. The number of carbonyl (C=O) groups excluding carboxylic acids is 1. The van der Waals surface area contributed by atoms with Crippen molar-refractivity contribution >= 4 is 11.9 Å². The van der Waals surface area contributed by atoms with Gasteiger partial charge < -0.3 is 9.84 Å². The maximum Gasteiger partial charge on any atom is 0.310 e. The van der Waals surface area contributed by atoms with Crippen LogP contribution in [0.5, 0.6) is 0 Å². The minimum Gasteiger partial charge on any atom is -0.481 e. The zero-order valence-electron chi connectivity index (χ0n) is 13.3. The molecule has 1 N–H and O–H groups in total. The third-order valence-electron chi connectivity index (χ3n) is 5.28. The predicted molar refractivity (Wildman–Crippen MR) is 87.8 cm³/mol. The summed E-state index contributed by atoms with van der Waals surface area (Å²) in [6.45, 7) is 2.00. The Morgan fingerprint density at radius 3 is 1.67 bits per heavy atom. The highest BCUT2D eigenvalue weighted by Gasteiger charge is 2.55. The molecule has 0 fully saturated rings. The molecule has 2 aromatic rings. The zero-order valence-corrected chi connectivity index (χ0v) is 13.3. The van der Waals surface area contributed by atoms with E-state index in [4.69, 9.17) is 4.74 Å². The minimum atomic E-state index is -0.938. The third kappa shape index (κ3) is 1.92.